The van der Waals surface area contributed by atoms with Gasteiger partial charge in [-0.1, -0.05) is 35.0 Å². The summed E-state index contributed by atoms with van der Waals surface area (Å²) in [6, 6.07) is 7.36. The predicted octanol–water partition coefficient (Wildman–Crippen LogP) is 3.14. The topological polar surface area (TPSA) is 37.4 Å². The third-order valence-corrected chi connectivity index (χ3v) is 5.70. The van der Waals surface area contributed by atoms with E-state index >= 15 is 0 Å². The smallest absolute Gasteiger partial charge is 0.207 e. The van der Waals surface area contributed by atoms with Crippen LogP contribution in [0.25, 0.3) is 0 Å². The van der Waals surface area contributed by atoms with Crippen molar-refractivity contribution in [3.8, 4) is 0 Å². The molecule has 100 valence electrons. The summed E-state index contributed by atoms with van der Waals surface area (Å²) in [5, 5.41) is 0.745. The second-order valence-electron chi connectivity index (χ2n) is 4.62. The maximum Gasteiger partial charge on any atom is 0.243 e. The minimum Gasteiger partial charge on any atom is -0.207 e. The molecule has 1 aliphatic rings. The molecule has 0 aliphatic heterocycles. The van der Waals surface area contributed by atoms with Crippen LogP contribution in [0.2, 0.25) is 0 Å². The van der Waals surface area contributed by atoms with Crippen LogP contribution in [0.15, 0.2) is 29.2 Å². The predicted molar refractivity (Wildman–Crippen MR) is 76.3 cm³/mol. The Morgan fingerprint density at radius 2 is 1.89 bits per heavy atom. The van der Waals surface area contributed by atoms with E-state index in [0.717, 1.165) is 30.2 Å². The molecule has 0 radical (unpaired) electrons. The normalized spacial score (nSPS) is 16.2. The molecule has 1 aromatic rings. The Bertz CT molecular complexity index is 494. The fraction of sp³-hybridized carbons (Fsp3) is 0.538. The number of hydrogen-bond acceptors (Lipinski definition) is 2. The molecule has 0 aromatic heterocycles. The fourth-order valence-electron chi connectivity index (χ4n) is 1.97. The fourth-order valence-corrected chi connectivity index (χ4v) is 4.12. The highest BCUT2D eigenvalue weighted by molar-refractivity contribution is 9.08. The summed E-state index contributed by atoms with van der Waals surface area (Å²) in [6.07, 6.45) is 2.85. The second-order valence-corrected chi connectivity index (χ2v) is 7.08. The Labute approximate surface area is 117 Å². The van der Waals surface area contributed by atoms with E-state index in [2.05, 4.69) is 15.9 Å². The highest BCUT2D eigenvalue weighted by Gasteiger charge is 2.37. The standard InChI is InChI=1S/C13H18BrNO2S/c1-2-9-15(12-5-6-12)18(16,17)13-7-3-11(10-14)4-8-13/h3-4,7-8,12H,2,5-6,9-10H2,1H3. The molecule has 5 heteroatoms. The van der Waals surface area contributed by atoms with Crippen LogP contribution in [-0.4, -0.2) is 25.3 Å². The summed E-state index contributed by atoms with van der Waals surface area (Å²) in [7, 11) is -3.31. The first kappa shape index (κ1) is 14.0. The largest absolute Gasteiger partial charge is 0.243 e. The molecule has 1 aromatic carbocycles. The molecule has 1 aliphatic carbocycles. The Hall–Kier alpha value is -0.390. The monoisotopic (exact) mass is 331 g/mol. The van der Waals surface area contributed by atoms with Crippen molar-refractivity contribution >= 4 is 26.0 Å². The lowest BCUT2D eigenvalue weighted by molar-refractivity contribution is 0.403. The number of nitrogens with zero attached hydrogens (tertiary/aromatic N) is 1. The Balaban J connectivity index is 2.27. The summed E-state index contributed by atoms with van der Waals surface area (Å²) in [4.78, 5) is 0.410. The summed E-state index contributed by atoms with van der Waals surface area (Å²) < 4.78 is 26.7. The van der Waals surface area contributed by atoms with E-state index in [-0.39, 0.29) is 6.04 Å². The van der Waals surface area contributed by atoms with Crippen molar-refractivity contribution in [2.45, 2.75) is 42.5 Å². The van der Waals surface area contributed by atoms with Gasteiger partial charge in [-0.2, -0.15) is 4.31 Å². The lowest BCUT2D eigenvalue weighted by Crippen LogP contribution is -2.33. The molecule has 0 atom stereocenters. The lowest BCUT2D eigenvalue weighted by Gasteiger charge is -2.21. The van der Waals surface area contributed by atoms with Crippen LogP contribution in [-0.2, 0) is 15.4 Å². The van der Waals surface area contributed by atoms with Gasteiger partial charge in [-0.05, 0) is 37.0 Å². The van der Waals surface area contributed by atoms with Gasteiger partial charge in [-0.15, -0.1) is 0 Å². The van der Waals surface area contributed by atoms with Gasteiger partial charge in [0, 0.05) is 17.9 Å². The summed E-state index contributed by atoms with van der Waals surface area (Å²) >= 11 is 3.36. The lowest BCUT2D eigenvalue weighted by atomic mass is 10.2. The van der Waals surface area contributed by atoms with Crippen molar-refractivity contribution in [1.82, 2.24) is 4.31 Å². The van der Waals surface area contributed by atoms with Crippen LogP contribution in [0.5, 0.6) is 0 Å². The van der Waals surface area contributed by atoms with Crippen molar-refractivity contribution in [2.75, 3.05) is 6.54 Å². The van der Waals surface area contributed by atoms with E-state index in [0.29, 0.717) is 11.4 Å². The molecule has 18 heavy (non-hydrogen) atoms. The molecule has 0 unspecified atom stereocenters. The van der Waals surface area contributed by atoms with Gasteiger partial charge in [0.1, 0.15) is 0 Å². The Kier molecular flexibility index (Phi) is 4.45. The van der Waals surface area contributed by atoms with Gasteiger partial charge in [0.2, 0.25) is 10.0 Å². The van der Waals surface area contributed by atoms with E-state index in [9.17, 15) is 8.42 Å². The van der Waals surface area contributed by atoms with E-state index in [1.54, 1.807) is 16.4 Å². The van der Waals surface area contributed by atoms with Gasteiger partial charge in [0.25, 0.3) is 0 Å². The summed E-state index contributed by atoms with van der Waals surface area (Å²) in [6.45, 7) is 2.63. The second kappa shape index (κ2) is 5.72. The minimum atomic E-state index is -3.31. The molecule has 0 N–H and O–H groups in total. The van der Waals surface area contributed by atoms with Crippen molar-refractivity contribution in [2.24, 2.45) is 0 Å². The number of benzene rings is 1. The van der Waals surface area contributed by atoms with E-state index in [1.165, 1.54) is 0 Å². The van der Waals surface area contributed by atoms with Gasteiger partial charge in [0.05, 0.1) is 4.90 Å². The van der Waals surface area contributed by atoms with Crippen molar-refractivity contribution in [3.63, 3.8) is 0 Å². The number of rotatable bonds is 6. The molecule has 0 saturated heterocycles. The first-order valence-corrected chi connectivity index (χ1v) is 8.82. The maximum absolute atomic E-state index is 12.5. The highest BCUT2D eigenvalue weighted by atomic mass is 79.9. The van der Waals surface area contributed by atoms with Crippen LogP contribution in [0.3, 0.4) is 0 Å². The van der Waals surface area contributed by atoms with Gasteiger partial charge < -0.3 is 0 Å². The average Bonchev–Trinajstić information content (AvgIpc) is 3.20. The van der Waals surface area contributed by atoms with Gasteiger partial charge in [-0.3, -0.25) is 0 Å². The molecular weight excluding hydrogens is 314 g/mol. The van der Waals surface area contributed by atoms with Crippen molar-refractivity contribution in [1.29, 1.82) is 0 Å². The van der Waals surface area contributed by atoms with Gasteiger partial charge in [-0.25, -0.2) is 8.42 Å². The molecule has 0 spiro atoms. The van der Waals surface area contributed by atoms with Crippen molar-refractivity contribution < 1.29 is 8.42 Å². The number of hydrogen-bond donors (Lipinski definition) is 0. The minimum absolute atomic E-state index is 0.228. The molecule has 0 bridgehead atoms. The van der Waals surface area contributed by atoms with E-state index in [1.807, 2.05) is 19.1 Å². The Morgan fingerprint density at radius 1 is 1.28 bits per heavy atom. The average molecular weight is 332 g/mol. The van der Waals surface area contributed by atoms with Crippen LogP contribution in [0, 0.1) is 0 Å². The molecule has 2 rings (SSSR count). The molecule has 0 heterocycles. The maximum atomic E-state index is 12.5. The quantitative estimate of drug-likeness (QED) is 0.751. The number of halogens is 1. The van der Waals surface area contributed by atoms with Crippen LogP contribution in [0.1, 0.15) is 31.7 Å². The zero-order chi connectivity index (χ0) is 13.2. The van der Waals surface area contributed by atoms with E-state index in [4.69, 9.17) is 0 Å². The number of alkyl halides is 1. The van der Waals surface area contributed by atoms with Crippen LogP contribution in [0.4, 0.5) is 0 Å². The molecule has 1 fully saturated rings. The van der Waals surface area contributed by atoms with Crippen LogP contribution >= 0.6 is 15.9 Å². The third kappa shape index (κ3) is 2.95. The van der Waals surface area contributed by atoms with Crippen molar-refractivity contribution in [3.05, 3.63) is 29.8 Å². The first-order valence-electron chi connectivity index (χ1n) is 6.26. The first-order chi connectivity index (χ1) is 8.59. The van der Waals surface area contributed by atoms with Gasteiger partial charge in [0.15, 0.2) is 0 Å². The Morgan fingerprint density at radius 3 is 2.33 bits per heavy atom. The number of sulfonamides is 1. The van der Waals surface area contributed by atoms with E-state index < -0.39 is 10.0 Å². The molecule has 0 amide bonds. The zero-order valence-corrected chi connectivity index (χ0v) is 12.9. The van der Waals surface area contributed by atoms with Gasteiger partial charge >= 0.3 is 0 Å². The summed E-state index contributed by atoms with van der Waals surface area (Å²) in [5.41, 5.74) is 1.09. The SMILES string of the molecule is CCCN(C1CC1)S(=O)(=O)c1ccc(CBr)cc1. The third-order valence-electron chi connectivity index (χ3n) is 3.08. The molecule has 3 nitrogen and oxygen atoms in total. The molecule has 1 saturated carbocycles. The highest BCUT2D eigenvalue weighted by Crippen LogP contribution is 2.32. The molecular formula is C13H18BrNO2S. The van der Waals surface area contributed by atoms with Crippen LogP contribution < -0.4 is 0 Å². The zero-order valence-electron chi connectivity index (χ0n) is 10.5. The summed E-state index contributed by atoms with van der Waals surface area (Å²) in [5.74, 6) is 0.